The molecule has 21 heavy (non-hydrogen) atoms. The van der Waals surface area contributed by atoms with E-state index in [0.717, 1.165) is 5.56 Å². The summed E-state index contributed by atoms with van der Waals surface area (Å²) in [6.07, 6.45) is 0. The fourth-order valence-electron chi connectivity index (χ4n) is 1.88. The van der Waals surface area contributed by atoms with Crippen molar-refractivity contribution in [2.45, 2.75) is 6.92 Å². The Kier molecular flexibility index (Phi) is 4.40. The Balaban J connectivity index is 2.13. The number of amidine groups is 1. The van der Waals surface area contributed by atoms with E-state index in [1.807, 2.05) is 25.1 Å². The van der Waals surface area contributed by atoms with E-state index < -0.39 is 6.03 Å². The maximum atomic E-state index is 12.0. The molecule has 0 aliphatic heterocycles. The molecule has 2 aromatic carbocycles. The molecular formula is C15H16N4O2. The van der Waals surface area contributed by atoms with Gasteiger partial charge in [0, 0.05) is 11.3 Å². The quantitative estimate of drug-likeness (QED) is 0.302. The third-order valence-corrected chi connectivity index (χ3v) is 2.83. The minimum absolute atomic E-state index is 0.0681. The summed E-state index contributed by atoms with van der Waals surface area (Å²) < 4.78 is 0. The highest BCUT2D eigenvalue weighted by Gasteiger charge is 2.09. The van der Waals surface area contributed by atoms with Gasteiger partial charge < -0.3 is 21.6 Å². The van der Waals surface area contributed by atoms with Crippen LogP contribution in [0.15, 0.2) is 53.7 Å². The van der Waals surface area contributed by atoms with Crippen molar-refractivity contribution in [2.75, 3.05) is 10.6 Å². The number of aryl methyl sites for hydroxylation is 1. The molecule has 0 saturated carbocycles. The number of anilines is 2. The molecule has 0 aliphatic carbocycles. The van der Waals surface area contributed by atoms with Gasteiger partial charge in [0.25, 0.3) is 0 Å². The molecule has 0 fully saturated rings. The van der Waals surface area contributed by atoms with E-state index in [0.29, 0.717) is 16.9 Å². The lowest BCUT2D eigenvalue weighted by Crippen LogP contribution is -2.22. The Bertz CT molecular complexity index is 683. The Hall–Kier alpha value is -3.02. The molecule has 0 bridgehead atoms. The van der Waals surface area contributed by atoms with Crippen molar-refractivity contribution in [1.82, 2.24) is 0 Å². The second-order valence-electron chi connectivity index (χ2n) is 4.48. The molecule has 0 unspecified atom stereocenters. The number of rotatable bonds is 3. The summed E-state index contributed by atoms with van der Waals surface area (Å²) in [6.45, 7) is 1.94. The minimum Gasteiger partial charge on any atom is -0.409 e. The van der Waals surface area contributed by atoms with Gasteiger partial charge in [0.15, 0.2) is 5.84 Å². The lowest BCUT2D eigenvalue weighted by molar-refractivity contribution is 0.262. The number of amides is 2. The average Bonchev–Trinajstić information content (AvgIpc) is 2.47. The molecule has 2 amide bonds. The number of urea groups is 1. The predicted octanol–water partition coefficient (Wildman–Crippen LogP) is 2.73. The summed E-state index contributed by atoms with van der Waals surface area (Å²) >= 11 is 0. The van der Waals surface area contributed by atoms with E-state index in [4.69, 9.17) is 10.9 Å². The first-order valence-corrected chi connectivity index (χ1v) is 6.32. The van der Waals surface area contributed by atoms with E-state index >= 15 is 0 Å². The number of nitrogens with two attached hydrogens (primary N) is 1. The fourth-order valence-corrected chi connectivity index (χ4v) is 1.88. The minimum atomic E-state index is -0.404. The van der Waals surface area contributed by atoms with E-state index in [1.165, 1.54) is 0 Å². The number of nitrogens with zero attached hydrogens (tertiary/aromatic N) is 1. The molecule has 0 radical (unpaired) electrons. The van der Waals surface area contributed by atoms with Crippen LogP contribution < -0.4 is 16.4 Å². The molecule has 6 nitrogen and oxygen atoms in total. The summed E-state index contributed by atoms with van der Waals surface area (Å²) in [5.74, 6) is -0.0681. The van der Waals surface area contributed by atoms with Gasteiger partial charge in [-0.15, -0.1) is 0 Å². The van der Waals surface area contributed by atoms with Crippen LogP contribution in [0.5, 0.6) is 0 Å². The maximum Gasteiger partial charge on any atom is 0.323 e. The van der Waals surface area contributed by atoms with Gasteiger partial charge in [-0.2, -0.15) is 0 Å². The lowest BCUT2D eigenvalue weighted by Gasteiger charge is -2.11. The Labute approximate surface area is 122 Å². The normalized spacial score (nSPS) is 11.0. The summed E-state index contributed by atoms with van der Waals surface area (Å²) in [7, 11) is 0. The topological polar surface area (TPSA) is 99.7 Å². The zero-order chi connectivity index (χ0) is 15.2. The van der Waals surface area contributed by atoms with Gasteiger partial charge in [-0.25, -0.2) is 4.79 Å². The summed E-state index contributed by atoms with van der Waals surface area (Å²) in [6, 6.07) is 13.8. The largest absolute Gasteiger partial charge is 0.409 e. The first-order valence-electron chi connectivity index (χ1n) is 6.32. The number of hydrogen-bond donors (Lipinski definition) is 4. The molecular weight excluding hydrogens is 268 g/mol. The SMILES string of the molecule is Cc1cccc(NC(=O)Nc2ccccc2/C(N)=N/O)c1. The number of carbonyl (C=O) groups excluding carboxylic acids is 1. The zero-order valence-corrected chi connectivity index (χ0v) is 11.5. The molecule has 2 aromatic rings. The second-order valence-corrected chi connectivity index (χ2v) is 4.48. The van der Waals surface area contributed by atoms with Crippen LogP contribution >= 0.6 is 0 Å². The summed E-state index contributed by atoms with van der Waals surface area (Å²) in [5.41, 5.74) is 8.21. The molecule has 6 heteroatoms. The van der Waals surface area contributed by atoms with Crippen LogP contribution in [-0.4, -0.2) is 17.1 Å². The number of carbonyl (C=O) groups is 1. The van der Waals surface area contributed by atoms with Crippen molar-refractivity contribution in [3.8, 4) is 0 Å². The van der Waals surface area contributed by atoms with Crippen LogP contribution in [0.3, 0.4) is 0 Å². The van der Waals surface area contributed by atoms with Crippen molar-refractivity contribution >= 4 is 23.2 Å². The third-order valence-electron chi connectivity index (χ3n) is 2.83. The van der Waals surface area contributed by atoms with Crippen molar-refractivity contribution in [3.05, 3.63) is 59.7 Å². The Morgan fingerprint density at radius 1 is 1.14 bits per heavy atom. The van der Waals surface area contributed by atoms with Crippen molar-refractivity contribution < 1.29 is 10.0 Å². The Morgan fingerprint density at radius 2 is 1.90 bits per heavy atom. The number of benzene rings is 2. The van der Waals surface area contributed by atoms with Gasteiger partial charge in [0.05, 0.1) is 5.69 Å². The lowest BCUT2D eigenvalue weighted by atomic mass is 10.1. The highest BCUT2D eigenvalue weighted by molar-refractivity contribution is 6.07. The molecule has 0 saturated heterocycles. The van der Waals surface area contributed by atoms with Crippen LogP contribution in [0.2, 0.25) is 0 Å². The van der Waals surface area contributed by atoms with Crippen LogP contribution in [0, 0.1) is 6.92 Å². The first-order chi connectivity index (χ1) is 10.1. The number of para-hydroxylation sites is 1. The van der Waals surface area contributed by atoms with E-state index in [2.05, 4.69) is 15.8 Å². The first kappa shape index (κ1) is 14.4. The van der Waals surface area contributed by atoms with Crippen molar-refractivity contribution in [1.29, 1.82) is 0 Å². The monoisotopic (exact) mass is 284 g/mol. The number of nitrogens with one attached hydrogen (secondary N) is 2. The standard InChI is InChI=1S/C15H16N4O2/c1-10-5-4-6-11(9-10)17-15(20)18-13-8-3-2-7-12(13)14(16)19-21/h2-9,21H,1H3,(H2,16,19)(H2,17,18,20). The second kappa shape index (κ2) is 6.42. The highest BCUT2D eigenvalue weighted by Crippen LogP contribution is 2.16. The van der Waals surface area contributed by atoms with Crippen LogP contribution in [0.4, 0.5) is 16.2 Å². The molecule has 108 valence electrons. The van der Waals surface area contributed by atoms with Gasteiger partial charge in [-0.05, 0) is 36.8 Å². The smallest absolute Gasteiger partial charge is 0.323 e. The predicted molar refractivity (Wildman–Crippen MR) is 82.8 cm³/mol. The third kappa shape index (κ3) is 3.73. The molecule has 5 N–H and O–H groups in total. The van der Waals surface area contributed by atoms with Gasteiger partial charge in [0.2, 0.25) is 0 Å². The van der Waals surface area contributed by atoms with E-state index in [1.54, 1.807) is 30.3 Å². The zero-order valence-electron chi connectivity index (χ0n) is 11.5. The maximum absolute atomic E-state index is 12.0. The molecule has 0 atom stereocenters. The van der Waals surface area contributed by atoms with E-state index in [-0.39, 0.29) is 5.84 Å². The van der Waals surface area contributed by atoms with Crippen LogP contribution in [0.25, 0.3) is 0 Å². The van der Waals surface area contributed by atoms with Crippen LogP contribution in [0.1, 0.15) is 11.1 Å². The molecule has 0 aliphatic rings. The number of hydrogen-bond acceptors (Lipinski definition) is 3. The number of oxime groups is 1. The highest BCUT2D eigenvalue weighted by atomic mass is 16.4. The summed E-state index contributed by atoms with van der Waals surface area (Å²) in [5, 5.41) is 17.1. The Morgan fingerprint density at radius 3 is 2.62 bits per heavy atom. The van der Waals surface area contributed by atoms with Gasteiger partial charge in [-0.3, -0.25) is 0 Å². The van der Waals surface area contributed by atoms with E-state index in [9.17, 15) is 4.79 Å². The summed E-state index contributed by atoms with van der Waals surface area (Å²) in [4.78, 5) is 12.0. The van der Waals surface area contributed by atoms with Crippen LogP contribution in [-0.2, 0) is 0 Å². The average molecular weight is 284 g/mol. The molecule has 2 rings (SSSR count). The van der Waals surface area contributed by atoms with Gasteiger partial charge in [-0.1, -0.05) is 29.4 Å². The fraction of sp³-hybridized carbons (Fsp3) is 0.0667. The molecule has 0 aromatic heterocycles. The van der Waals surface area contributed by atoms with Gasteiger partial charge in [0.1, 0.15) is 0 Å². The molecule has 0 heterocycles. The van der Waals surface area contributed by atoms with Gasteiger partial charge >= 0.3 is 6.03 Å². The van der Waals surface area contributed by atoms with Crippen molar-refractivity contribution in [2.24, 2.45) is 10.9 Å². The molecule has 0 spiro atoms. The van der Waals surface area contributed by atoms with Crippen molar-refractivity contribution in [3.63, 3.8) is 0 Å².